The number of rotatable bonds is 3. The second-order valence-electron chi connectivity index (χ2n) is 4.27. The molecule has 0 aliphatic heterocycles. The van der Waals surface area contributed by atoms with E-state index in [2.05, 4.69) is 15.9 Å². The lowest BCUT2D eigenvalue weighted by molar-refractivity contribution is 0.411. The lowest BCUT2D eigenvalue weighted by Gasteiger charge is -2.13. The van der Waals surface area contributed by atoms with Crippen molar-refractivity contribution in [1.29, 1.82) is 0 Å². The SMILES string of the molecule is COc1ccc(C(Br)c2ccc(Cl)c(F)c2)cc1C. The van der Waals surface area contributed by atoms with E-state index in [-0.39, 0.29) is 9.85 Å². The average molecular weight is 344 g/mol. The number of alkyl halides is 1. The Morgan fingerprint density at radius 3 is 2.37 bits per heavy atom. The summed E-state index contributed by atoms with van der Waals surface area (Å²) in [7, 11) is 1.64. The van der Waals surface area contributed by atoms with Crippen LogP contribution in [0.15, 0.2) is 36.4 Å². The Bertz CT molecular complexity index is 601. The Morgan fingerprint density at radius 2 is 1.79 bits per heavy atom. The number of halogens is 3. The van der Waals surface area contributed by atoms with Gasteiger partial charge in [0.05, 0.1) is 17.0 Å². The third-order valence-electron chi connectivity index (χ3n) is 2.95. The third kappa shape index (κ3) is 3.10. The quantitative estimate of drug-likeness (QED) is 0.689. The lowest BCUT2D eigenvalue weighted by Crippen LogP contribution is -1.96. The number of benzene rings is 2. The lowest BCUT2D eigenvalue weighted by atomic mass is 10.0. The number of hydrogen-bond donors (Lipinski definition) is 0. The van der Waals surface area contributed by atoms with Crippen LogP contribution in [0.4, 0.5) is 4.39 Å². The van der Waals surface area contributed by atoms with Gasteiger partial charge in [-0.1, -0.05) is 45.7 Å². The van der Waals surface area contributed by atoms with Crippen LogP contribution in [0.5, 0.6) is 5.75 Å². The van der Waals surface area contributed by atoms with E-state index in [0.29, 0.717) is 0 Å². The fourth-order valence-electron chi connectivity index (χ4n) is 1.92. The summed E-state index contributed by atoms with van der Waals surface area (Å²) in [5.74, 6) is 0.430. The van der Waals surface area contributed by atoms with Gasteiger partial charge in [-0.25, -0.2) is 4.39 Å². The molecule has 0 radical (unpaired) electrons. The molecule has 0 bridgehead atoms. The van der Waals surface area contributed by atoms with Crippen LogP contribution in [0, 0.1) is 12.7 Å². The van der Waals surface area contributed by atoms with Crippen molar-refractivity contribution in [2.75, 3.05) is 7.11 Å². The van der Waals surface area contributed by atoms with Crippen molar-refractivity contribution < 1.29 is 9.13 Å². The Hall–Kier alpha value is -1.06. The predicted octanol–water partition coefficient (Wildman–Crippen LogP) is 5.28. The van der Waals surface area contributed by atoms with Crippen molar-refractivity contribution in [1.82, 2.24) is 0 Å². The molecule has 0 heterocycles. The Balaban J connectivity index is 2.35. The fourth-order valence-corrected chi connectivity index (χ4v) is 2.61. The van der Waals surface area contributed by atoms with Gasteiger partial charge in [0.25, 0.3) is 0 Å². The van der Waals surface area contributed by atoms with Gasteiger partial charge in [-0.2, -0.15) is 0 Å². The molecule has 1 nitrogen and oxygen atoms in total. The molecular formula is C15H13BrClFO. The van der Waals surface area contributed by atoms with Gasteiger partial charge in [0.2, 0.25) is 0 Å². The maximum absolute atomic E-state index is 13.5. The first kappa shape index (κ1) is 14.4. The van der Waals surface area contributed by atoms with E-state index in [4.69, 9.17) is 16.3 Å². The predicted molar refractivity (Wildman–Crippen MR) is 79.9 cm³/mol. The first-order valence-corrected chi connectivity index (χ1v) is 7.06. The van der Waals surface area contributed by atoms with Crippen LogP contribution in [0.25, 0.3) is 0 Å². The Labute approximate surface area is 125 Å². The van der Waals surface area contributed by atoms with E-state index in [0.717, 1.165) is 22.4 Å². The van der Waals surface area contributed by atoms with Gasteiger partial charge in [0.1, 0.15) is 11.6 Å². The van der Waals surface area contributed by atoms with E-state index in [1.807, 2.05) is 31.2 Å². The highest BCUT2D eigenvalue weighted by molar-refractivity contribution is 9.09. The molecule has 0 aromatic heterocycles. The van der Waals surface area contributed by atoms with Crippen LogP contribution in [-0.4, -0.2) is 7.11 Å². The zero-order valence-corrected chi connectivity index (χ0v) is 12.9. The molecule has 0 fully saturated rings. The van der Waals surface area contributed by atoms with E-state index in [1.165, 1.54) is 6.07 Å². The largest absolute Gasteiger partial charge is 0.496 e. The van der Waals surface area contributed by atoms with Gasteiger partial charge >= 0.3 is 0 Å². The summed E-state index contributed by atoms with van der Waals surface area (Å²) >= 11 is 9.27. The Kier molecular flexibility index (Phi) is 4.48. The summed E-state index contributed by atoms with van der Waals surface area (Å²) < 4.78 is 18.7. The molecule has 0 amide bonds. The normalized spacial score (nSPS) is 12.3. The number of ether oxygens (including phenoxy) is 1. The highest BCUT2D eigenvalue weighted by Crippen LogP contribution is 2.34. The van der Waals surface area contributed by atoms with Crippen LogP contribution in [0.3, 0.4) is 0 Å². The molecule has 0 aliphatic rings. The topological polar surface area (TPSA) is 9.23 Å². The summed E-state index contributed by atoms with van der Waals surface area (Å²) in [6.07, 6.45) is 0. The highest BCUT2D eigenvalue weighted by atomic mass is 79.9. The highest BCUT2D eigenvalue weighted by Gasteiger charge is 2.13. The zero-order chi connectivity index (χ0) is 14.0. The molecule has 0 N–H and O–H groups in total. The van der Waals surface area contributed by atoms with E-state index >= 15 is 0 Å². The minimum Gasteiger partial charge on any atom is -0.496 e. The smallest absolute Gasteiger partial charge is 0.142 e. The molecule has 4 heteroatoms. The maximum Gasteiger partial charge on any atom is 0.142 e. The van der Waals surface area contributed by atoms with E-state index in [1.54, 1.807) is 13.2 Å². The second kappa shape index (κ2) is 5.93. The van der Waals surface area contributed by atoms with Crippen LogP contribution < -0.4 is 4.74 Å². The first-order valence-electron chi connectivity index (χ1n) is 5.76. The van der Waals surface area contributed by atoms with Crippen molar-refractivity contribution >= 4 is 27.5 Å². The summed E-state index contributed by atoms with van der Waals surface area (Å²) in [4.78, 5) is -0.0797. The molecule has 2 aromatic rings. The van der Waals surface area contributed by atoms with Crippen LogP contribution in [0.2, 0.25) is 5.02 Å². The van der Waals surface area contributed by atoms with Gasteiger partial charge in [0, 0.05) is 0 Å². The summed E-state index contributed by atoms with van der Waals surface area (Å²) in [6.45, 7) is 1.98. The summed E-state index contributed by atoms with van der Waals surface area (Å²) in [6, 6.07) is 10.7. The third-order valence-corrected chi connectivity index (χ3v) is 4.31. The van der Waals surface area contributed by atoms with Gasteiger partial charge < -0.3 is 4.74 Å². The van der Waals surface area contributed by atoms with Crippen LogP contribution in [0.1, 0.15) is 21.5 Å². The van der Waals surface area contributed by atoms with Gasteiger partial charge in [-0.05, 0) is 41.8 Å². The molecule has 100 valence electrons. The molecule has 2 aromatic carbocycles. The number of aryl methyl sites for hydroxylation is 1. The van der Waals surface area contributed by atoms with Crippen molar-refractivity contribution in [2.24, 2.45) is 0 Å². The van der Waals surface area contributed by atoms with Crippen molar-refractivity contribution in [2.45, 2.75) is 11.8 Å². The molecule has 0 spiro atoms. The van der Waals surface area contributed by atoms with Gasteiger partial charge in [0.15, 0.2) is 0 Å². The number of methoxy groups -OCH3 is 1. The molecular weight excluding hydrogens is 331 g/mol. The fraction of sp³-hybridized carbons (Fsp3) is 0.200. The molecule has 0 saturated carbocycles. The van der Waals surface area contributed by atoms with Crippen LogP contribution >= 0.6 is 27.5 Å². The maximum atomic E-state index is 13.5. The van der Waals surface area contributed by atoms with E-state index < -0.39 is 5.82 Å². The molecule has 1 atom stereocenters. The molecule has 1 unspecified atom stereocenters. The first-order chi connectivity index (χ1) is 9.02. The van der Waals surface area contributed by atoms with Gasteiger partial charge in [-0.15, -0.1) is 0 Å². The monoisotopic (exact) mass is 342 g/mol. The number of hydrogen-bond acceptors (Lipinski definition) is 1. The molecule has 2 rings (SSSR count). The molecule has 19 heavy (non-hydrogen) atoms. The summed E-state index contributed by atoms with van der Waals surface area (Å²) in [5, 5.41) is 0.134. The zero-order valence-electron chi connectivity index (χ0n) is 10.6. The van der Waals surface area contributed by atoms with E-state index in [9.17, 15) is 4.39 Å². The van der Waals surface area contributed by atoms with Crippen molar-refractivity contribution in [3.8, 4) is 5.75 Å². The standard InChI is InChI=1S/C15H13BrClFO/c1-9-7-10(4-6-14(9)19-2)15(16)11-3-5-12(17)13(18)8-11/h3-8,15H,1-2H3. The summed E-state index contributed by atoms with van der Waals surface area (Å²) in [5.41, 5.74) is 2.91. The van der Waals surface area contributed by atoms with Crippen LogP contribution in [-0.2, 0) is 0 Å². The minimum absolute atomic E-state index is 0.0797. The molecule has 0 saturated heterocycles. The average Bonchev–Trinajstić information content (AvgIpc) is 2.41. The Morgan fingerprint density at radius 1 is 1.16 bits per heavy atom. The molecule has 0 aliphatic carbocycles. The van der Waals surface area contributed by atoms with Gasteiger partial charge in [-0.3, -0.25) is 0 Å². The minimum atomic E-state index is -0.408. The van der Waals surface area contributed by atoms with Crippen molar-refractivity contribution in [3.63, 3.8) is 0 Å². The van der Waals surface area contributed by atoms with Crippen molar-refractivity contribution in [3.05, 3.63) is 63.9 Å². The second-order valence-corrected chi connectivity index (χ2v) is 5.59.